The Bertz CT molecular complexity index is 974. The summed E-state index contributed by atoms with van der Waals surface area (Å²) in [6.45, 7) is 6.94. The second-order valence-corrected chi connectivity index (χ2v) is 8.30. The third-order valence-corrected chi connectivity index (χ3v) is 5.10. The van der Waals surface area contributed by atoms with Crippen LogP contribution in [0.4, 0.5) is 5.69 Å². The van der Waals surface area contributed by atoms with E-state index in [4.69, 9.17) is 9.84 Å². The van der Waals surface area contributed by atoms with Crippen LogP contribution in [0.5, 0.6) is 5.75 Å². The molecule has 3 rings (SSSR count). The zero-order valence-corrected chi connectivity index (χ0v) is 17.4. The van der Waals surface area contributed by atoms with E-state index in [1.54, 1.807) is 12.1 Å². The monoisotopic (exact) mass is 410 g/mol. The Morgan fingerprint density at radius 2 is 1.80 bits per heavy atom. The van der Waals surface area contributed by atoms with Crippen LogP contribution >= 0.6 is 0 Å². The van der Waals surface area contributed by atoms with Crippen molar-refractivity contribution in [2.75, 3.05) is 18.1 Å². The maximum atomic E-state index is 12.3. The molecule has 2 aromatic rings. The third kappa shape index (κ3) is 4.62. The van der Waals surface area contributed by atoms with Gasteiger partial charge in [0.15, 0.2) is 0 Å². The first-order chi connectivity index (χ1) is 14.2. The smallest absolute Gasteiger partial charge is 0.335 e. The van der Waals surface area contributed by atoms with Crippen LogP contribution in [-0.4, -0.2) is 41.1 Å². The van der Waals surface area contributed by atoms with Crippen molar-refractivity contribution in [3.63, 3.8) is 0 Å². The van der Waals surface area contributed by atoms with Crippen LogP contribution < -0.4 is 9.64 Å². The predicted octanol–water partition coefficient (Wildman–Crippen LogP) is 4.07. The number of carboxylic acids is 1. The number of benzene rings is 2. The van der Waals surface area contributed by atoms with E-state index in [2.05, 4.69) is 25.9 Å². The summed E-state index contributed by atoms with van der Waals surface area (Å²) in [7, 11) is 0. The highest BCUT2D eigenvalue weighted by Crippen LogP contribution is 2.35. The van der Waals surface area contributed by atoms with Crippen LogP contribution in [-0.2, 0) is 10.2 Å². The largest absolute Gasteiger partial charge is 0.487 e. The highest BCUT2D eigenvalue weighted by molar-refractivity contribution is 6.03. The molecule has 0 aromatic heterocycles. The fraction of sp³-hybridized carbons (Fsp3) is 0.348. The molecule has 0 spiro atoms. The summed E-state index contributed by atoms with van der Waals surface area (Å²) in [5.41, 5.74) is 2.85. The Kier molecular flexibility index (Phi) is 6.10. The molecule has 0 unspecified atom stereocenters. The lowest BCUT2D eigenvalue weighted by atomic mass is 9.84. The number of anilines is 1. The number of rotatable bonds is 6. The van der Waals surface area contributed by atoms with Gasteiger partial charge in [-0.2, -0.15) is 0 Å². The molecular weight excluding hydrogens is 384 g/mol. The van der Waals surface area contributed by atoms with Crippen LogP contribution in [0.1, 0.15) is 55.1 Å². The van der Waals surface area contributed by atoms with Gasteiger partial charge in [0.25, 0.3) is 0 Å². The molecule has 0 aliphatic carbocycles. The Morgan fingerprint density at radius 3 is 2.33 bits per heavy atom. The Morgan fingerprint density at radius 1 is 1.13 bits per heavy atom. The standard InChI is InChI=1S/C23H26N2O5/c1-23(2,3)18-13-16(8-11-20(18)25-12-4-5-21(25)26)19(24-29)14-30-17-9-6-15(7-10-17)22(27)28/h6-11,13,29H,4-5,12,14H2,1-3H3,(H,27,28)/b24-19-. The van der Waals surface area contributed by atoms with Crippen molar-refractivity contribution in [2.24, 2.45) is 5.16 Å². The van der Waals surface area contributed by atoms with Gasteiger partial charge in [0, 0.05) is 24.2 Å². The fourth-order valence-corrected chi connectivity index (χ4v) is 3.47. The van der Waals surface area contributed by atoms with Gasteiger partial charge in [-0.1, -0.05) is 32.0 Å². The number of nitrogens with zero attached hydrogens (tertiary/aromatic N) is 2. The van der Waals surface area contributed by atoms with E-state index in [9.17, 15) is 14.8 Å². The molecule has 1 saturated heterocycles. The minimum Gasteiger partial charge on any atom is -0.487 e. The molecule has 1 heterocycles. The maximum Gasteiger partial charge on any atom is 0.335 e. The van der Waals surface area contributed by atoms with E-state index >= 15 is 0 Å². The molecule has 1 aliphatic heterocycles. The maximum absolute atomic E-state index is 12.3. The molecule has 30 heavy (non-hydrogen) atoms. The molecule has 1 aliphatic rings. The second kappa shape index (κ2) is 8.57. The SMILES string of the molecule is CC(C)(C)c1cc(/C(COc2ccc(C(=O)O)cc2)=N\O)ccc1N1CCCC1=O. The van der Waals surface area contributed by atoms with E-state index in [0.717, 1.165) is 17.7 Å². The minimum absolute atomic E-state index is 0.00843. The Labute approximate surface area is 175 Å². The first-order valence-corrected chi connectivity index (χ1v) is 9.83. The van der Waals surface area contributed by atoms with Crippen LogP contribution in [0.15, 0.2) is 47.6 Å². The molecule has 0 bridgehead atoms. The van der Waals surface area contributed by atoms with Gasteiger partial charge in [-0.3, -0.25) is 4.79 Å². The Hall–Kier alpha value is -3.35. The number of oxime groups is 1. The number of aromatic carboxylic acids is 1. The molecular formula is C23H26N2O5. The first-order valence-electron chi connectivity index (χ1n) is 9.83. The number of ether oxygens (including phenoxy) is 1. The molecule has 1 amide bonds. The van der Waals surface area contributed by atoms with Crippen molar-refractivity contribution in [3.05, 3.63) is 59.2 Å². The zero-order valence-electron chi connectivity index (χ0n) is 17.4. The summed E-state index contributed by atoms with van der Waals surface area (Å²) in [6.07, 6.45) is 1.41. The number of carbonyl (C=O) groups excluding carboxylic acids is 1. The number of carbonyl (C=O) groups is 2. The Balaban J connectivity index is 1.84. The fourth-order valence-electron chi connectivity index (χ4n) is 3.47. The molecule has 0 radical (unpaired) electrons. The molecule has 7 heteroatoms. The summed E-state index contributed by atoms with van der Waals surface area (Å²) in [4.78, 5) is 25.0. The molecule has 2 aromatic carbocycles. The van der Waals surface area contributed by atoms with Gasteiger partial charge in [-0.15, -0.1) is 0 Å². The topological polar surface area (TPSA) is 99.4 Å². The van der Waals surface area contributed by atoms with Gasteiger partial charge in [0.2, 0.25) is 5.91 Å². The average molecular weight is 410 g/mol. The molecule has 2 N–H and O–H groups in total. The summed E-state index contributed by atoms with van der Waals surface area (Å²) in [5, 5.41) is 21.9. The van der Waals surface area contributed by atoms with Crippen molar-refractivity contribution < 1.29 is 24.6 Å². The minimum atomic E-state index is -1.01. The molecule has 7 nitrogen and oxygen atoms in total. The van der Waals surface area contributed by atoms with Crippen LogP contribution in [0, 0.1) is 0 Å². The molecule has 0 saturated carbocycles. The van der Waals surface area contributed by atoms with Crippen LogP contribution in [0.2, 0.25) is 0 Å². The van der Waals surface area contributed by atoms with Gasteiger partial charge >= 0.3 is 5.97 Å². The first kappa shape index (κ1) is 21.4. The number of amides is 1. The number of hydrogen-bond acceptors (Lipinski definition) is 5. The van der Waals surface area contributed by atoms with Gasteiger partial charge in [0.1, 0.15) is 18.1 Å². The van der Waals surface area contributed by atoms with E-state index in [1.807, 2.05) is 23.1 Å². The van der Waals surface area contributed by atoms with Crippen molar-refractivity contribution >= 4 is 23.3 Å². The normalized spacial score (nSPS) is 14.8. The summed E-state index contributed by atoms with van der Waals surface area (Å²) in [5.74, 6) is -0.417. The predicted molar refractivity (Wildman–Crippen MR) is 114 cm³/mol. The lowest BCUT2D eigenvalue weighted by molar-refractivity contribution is -0.117. The summed E-state index contributed by atoms with van der Waals surface area (Å²) in [6, 6.07) is 11.7. The van der Waals surface area contributed by atoms with Crippen LogP contribution in [0.3, 0.4) is 0 Å². The van der Waals surface area contributed by atoms with Crippen molar-refractivity contribution in [1.82, 2.24) is 0 Å². The average Bonchev–Trinajstić information content (AvgIpc) is 3.13. The van der Waals surface area contributed by atoms with Crippen LogP contribution in [0.25, 0.3) is 0 Å². The van der Waals surface area contributed by atoms with Gasteiger partial charge in [-0.05, 0) is 53.8 Å². The quantitative estimate of drug-likeness (QED) is 0.425. The van der Waals surface area contributed by atoms with Gasteiger partial charge < -0.3 is 20.0 Å². The van der Waals surface area contributed by atoms with Gasteiger partial charge in [0.05, 0.1) is 5.56 Å². The molecule has 158 valence electrons. The number of hydrogen-bond donors (Lipinski definition) is 2. The number of carboxylic acid groups (broad SMARTS) is 1. The summed E-state index contributed by atoms with van der Waals surface area (Å²) >= 11 is 0. The third-order valence-electron chi connectivity index (χ3n) is 5.10. The van der Waals surface area contributed by atoms with E-state index in [1.165, 1.54) is 12.1 Å². The van der Waals surface area contributed by atoms with Crippen molar-refractivity contribution in [1.29, 1.82) is 0 Å². The van der Waals surface area contributed by atoms with E-state index in [0.29, 0.717) is 30.0 Å². The lowest BCUT2D eigenvalue weighted by Gasteiger charge is -2.28. The summed E-state index contributed by atoms with van der Waals surface area (Å²) < 4.78 is 5.67. The lowest BCUT2D eigenvalue weighted by Crippen LogP contribution is -2.28. The van der Waals surface area contributed by atoms with E-state index in [-0.39, 0.29) is 23.5 Å². The molecule has 0 atom stereocenters. The van der Waals surface area contributed by atoms with E-state index < -0.39 is 5.97 Å². The van der Waals surface area contributed by atoms with Gasteiger partial charge in [-0.25, -0.2) is 4.79 Å². The highest BCUT2D eigenvalue weighted by Gasteiger charge is 2.28. The second-order valence-electron chi connectivity index (χ2n) is 8.30. The molecule has 1 fully saturated rings. The van der Waals surface area contributed by atoms with Crippen molar-refractivity contribution in [2.45, 2.75) is 39.0 Å². The highest BCUT2D eigenvalue weighted by atomic mass is 16.5. The van der Waals surface area contributed by atoms with Crippen molar-refractivity contribution in [3.8, 4) is 5.75 Å². The zero-order chi connectivity index (χ0) is 21.9.